The smallest absolute Gasteiger partial charge is 0.198 e. The maximum Gasteiger partial charge on any atom is 0.198 e. The van der Waals surface area contributed by atoms with E-state index >= 15 is 0 Å². The molecule has 0 nitrogen and oxygen atoms in total. The Morgan fingerprint density at radius 1 is 0.125 bits per heavy atom. The van der Waals surface area contributed by atoms with Gasteiger partial charge in [-0.3, -0.25) is 0 Å². The van der Waals surface area contributed by atoms with E-state index in [1.54, 1.807) is 34.6 Å². The van der Waals surface area contributed by atoms with Crippen LogP contribution in [0.1, 0.15) is 83.5 Å². The molecule has 0 aliphatic rings. The summed E-state index contributed by atoms with van der Waals surface area (Å²) in [4.78, 5) is 0. The molecule has 0 saturated heterocycles. The fourth-order valence-corrected chi connectivity index (χ4v) is 12.7. The first-order valence-corrected chi connectivity index (χ1v) is 36.1. The van der Waals surface area contributed by atoms with Crippen molar-refractivity contribution in [1.82, 2.24) is 0 Å². The Kier molecular flexibility index (Phi) is 28.3. The minimum Gasteiger partial charge on any atom is -0.207 e. The first kappa shape index (κ1) is 91.7. The molecular weight excluding hydrogens is 1620 g/mol. The molecule has 0 unspecified atom stereocenters. The molecule has 0 N–H and O–H groups in total. The van der Waals surface area contributed by atoms with E-state index in [0.717, 1.165) is 36.4 Å². The van der Waals surface area contributed by atoms with Crippen molar-refractivity contribution in [3.63, 3.8) is 0 Å². The third-order valence-corrected chi connectivity index (χ3v) is 19.6. The zero-order chi connectivity index (χ0) is 89.3. The van der Waals surface area contributed by atoms with Crippen molar-refractivity contribution in [2.24, 2.45) is 0 Å². The van der Waals surface area contributed by atoms with Crippen LogP contribution in [-0.4, -0.2) is 0 Å². The minimum atomic E-state index is -1.77. The molecule has 0 fully saturated rings. The Hall–Kier alpha value is -12.2. The topological polar surface area (TPSA) is 0 Å². The van der Waals surface area contributed by atoms with Gasteiger partial charge in [-0.1, -0.05) is 29.8 Å². The van der Waals surface area contributed by atoms with Crippen LogP contribution in [0.15, 0.2) is 146 Å². The summed E-state index contributed by atoms with van der Waals surface area (Å²) in [6.45, 7) is 22.5. The van der Waals surface area contributed by atoms with Gasteiger partial charge in [-0.25, -0.2) is 110 Å². The van der Waals surface area contributed by atoms with Crippen LogP contribution >= 0.6 is 0 Å². The van der Waals surface area contributed by atoms with Crippen LogP contribution in [0, 0.1) is 249 Å². The molecule has 0 heterocycles. The van der Waals surface area contributed by atoms with Gasteiger partial charge in [0.05, 0.1) is 0 Å². The molecule has 16 aromatic rings. The number of halogens is 25. The normalized spacial score (nSPS) is 11.0. The highest BCUT2D eigenvalue weighted by Gasteiger charge is 2.23. The largest absolute Gasteiger partial charge is 0.207 e. The SMILES string of the molecule is Cc1cc(F)c2cc(C)c(F)c(F)c2c1.Cc1cc(F)c2cc(C)c(F)c(F)c2c1.Cc1cc2c(F)c(F)c(C)cc2cc1F.Cc1cc2c(F)cc(C)c(F)c2cc1F.Cc1cc2c(F)cc(C)c(F)c2cc1F.Cc1cc2cc(F)c(C)c(F)c2cc1F.Cc1ccc2c(F)c(C)c(F)cc2c1F.Cc1ccc2c(F)c(F)c(F)c(F)c2c1. The van der Waals surface area contributed by atoms with Crippen LogP contribution in [0.5, 0.6) is 0 Å². The van der Waals surface area contributed by atoms with Crippen LogP contribution in [0.2, 0.25) is 0 Å². The average Bonchev–Trinajstić information content (AvgIpc) is 0.790. The third-order valence-electron chi connectivity index (χ3n) is 19.6. The van der Waals surface area contributed by atoms with Crippen molar-refractivity contribution in [2.45, 2.75) is 104 Å². The fourth-order valence-electron chi connectivity index (χ4n) is 12.7. The molecule has 624 valence electrons. The second kappa shape index (κ2) is 37.0. The molecule has 0 radical (unpaired) electrons. The summed E-state index contributed by atoms with van der Waals surface area (Å²) >= 11 is 0. The van der Waals surface area contributed by atoms with Crippen molar-refractivity contribution < 1.29 is 110 Å². The highest BCUT2D eigenvalue weighted by atomic mass is 19.2. The van der Waals surface area contributed by atoms with E-state index in [9.17, 15) is 110 Å². The quantitative estimate of drug-likeness (QED) is 0.0806. The van der Waals surface area contributed by atoms with Crippen molar-refractivity contribution in [2.75, 3.05) is 0 Å². The Morgan fingerprint density at radius 3 is 0.808 bits per heavy atom. The van der Waals surface area contributed by atoms with Gasteiger partial charge in [0.25, 0.3) is 0 Å². The summed E-state index contributed by atoms with van der Waals surface area (Å²) in [5.74, 6) is -20.2. The van der Waals surface area contributed by atoms with Gasteiger partial charge in [-0.2, -0.15) is 0 Å². The Bertz CT molecular complexity index is 6320. The molecule has 120 heavy (non-hydrogen) atoms. The standard InChI is InChI=1S/7C12H9F3.C11H6F4/c1-6-4-9-8(5-10(6)13)3-7(2)11(14)12(9)15;1-6-3-8-4-11(14)7(2)12(15)9(8)5-10(6)13;2*1-6-3-8-9(5-10(6)13)12(15)7(2)4-11(8)14;2*1-6-3-9-8(10(13)4-6)5-7(2)11(14)12(9)15;1-6-3-4-8-9(11(6)14)5-10(13)7(2)12(8)15;1-5-2-3-6-7(4-5)9(13)11(15)10(14)8(6)12/h7*3-5H,1-2H3;2-4H,1H3. The van der Waals surface area contributed by atoms with Gasteiger partial charge >= 0.3 is 0 Å². The lowest BCUT2D eigenvalue weighted by Gasteiger charge is -2.06. The van der Waals surface area contributed by atoms with Crippen molar-refractivity contribution in [3.05, 3.63) is 374 Å². The van der Waals surface area contributed by atoms with Crippen LogP contribution in [0.25, 0.3) is 86.2 Å². The Labute approximate surface area is 671 Å². The summed E-state index contributed by atoms with van der Waals surface area (Å²) in [6, 6.07) is 30.8. The van der Waals surface area contributed by atoms with E-state index in [0.29, 0.717) is 55.3 Å². The van der Waals surface area contributed by atoms with Crippen LogP contribution in [0.3, 0.4) is 0 Å². The summed E-state index contributed by atoms with van der Waals surface area (Å²) in [6.07, 6.45) is 0. The second-order valence-corrected chi connectivity index (χ2v) is 28.8. The maximum atomic E-state index is 13.6. The summed E-state index contributed by atoms with van der Waals surface area (Å²) in [7, 11) is 0. The van der Waals surface area contributed by atoms with Gasteiger partial charge in [0.2, 0.25) is 0 Å². The molecule has 0 saturated carbocycles. The highest BCUT2D eigenvalue weighted by molar-refractivity contribution is 5.91. The van der Waals surface area contributed by atoms with E-state index in [-0.39, 0.29) is 114 Å². The highest BCUT2D eigenvalue weighted by Crippen LogP contribution is 2.35. The molecule has 0 spiro atoms. The number of hydrogen-bond acceptors (Lipinski definition) is 0. The molecule has 25 heteroatoms. The van der Waals surface area contributed by atoms with E-state index in [4.69, 9.17) is 0 Å². The van der Waals surface area contributed by atoms with E-state index in [2.05, 4.69) is 0 Å². The van der Waals surface area contributed by atoms with Gasteiger partial charge in [-0.05, 0) is 303 Å². The Morgan fingerprint density at radius 2 is 0.367 bits per heavy atom. The maximum absolute atomic E-state index is 13.6. The van der Waals surface area contributed by atoms with Crippen molar-refractivity contribution in [1.29, 1.82) is 0 Å². The van der Waals surface area contributed by atoms with Crippen LogP contribution in [0.4, 0.5) is 110 Å². The van der Waals surface area contributed by atoms with E-state index in [1.807, 2.05) is 0 Å². The number of hydrogen-bond donors (Lipinski definition) is 0. The predicted octanol–water partition coefficient (Wildman–Crippen LogP) is 30.8. The van der Waals surface area contributed by atoms with E-state index < -0.39 is 145 Å². The van der Waals surface area contributed by atoms with Gasteiger partial charge in [0, 0.05) is 86.5 Å². The van der Waals surface area contributed by atoms with Gasteiger partial charge in [0.1, 0.15) is 87.3 Å². The molecule has 16 rings (SSSR count). The molecule has 0 aliphatic heterocycles. The lowest BCUT2D eigenvalue weighted by Crippen LogP contribution is -1.97. The van der Waals surface area contributed by atoms with Crippen molar-refractivity contribution >= 4 is 86.2 Å². The monoisotopic (exact) mass is 1680 g/mol. The predicted molar refractivity (Wildman–Crippen MR) is 422 cm³/mol. The fraction of sp³-hybridized carbons (Fsp3) is 0.158. The lowest BCUT2D eigenvalue weighted by atomic mass is 10.0. The molecule has 0 atom stereocenters. The number of rotatable bonds is 0. The number of benzene rings is 16. The van der Waals surface area contributed by atoms with Crippen molar-refractivity contribution in [3.8, 4) is 0 Å². The minimum absolute atomic E-state index is 0.00407. The van der Waals surface area contributed by atoms with Gasteiger partial charge in [0.15, 0.2) is 58.2 Å². The molecule has 0 amide bonds. The summed E-state index contributed by atoms with van der Waals surface area (Å²) in [5.41, 5.74) is 4.10. The molecular formula is C95H69F25. The molecule has 0 aliphatic carbocycles. The average molecular weight is 1690 g/mol. The summed E-state index contributed by atoms with van der Waals surface area (Å²) in [5, 5.41) is 1.11. The van der Waals surface area contributed by atoms with Crippen LogP contribution < -0.4 is 0 Å². The number of fused-ring (bicyclic) bond motifs is 8. The van der Waals surface area contributed by atoms with Gasteiger partial charge < -0.3 is 0 Å². The Balaban J connectivity index is 0.000000156. The zero-order valence-electron chi connectivity index (χ0n) is 66.3. The first-order valence-electron chi connectivity index (χ1n) is 36.1. The van der Waals surface area contributed by atoms with Crippen LogP contribution in [-0.2, 0) is 0 Å². The molecule has 16 aromatic carbocycles. The zero-order valence-corrected chi connectivity index (χ0v) is 66.3. The summed E-state index contributed by atoms with van der Waals surface area (Å²) < 4.78 is 333. The van der Waals surface area contributed by atoms with E-state index in [1.165, 1.54) is 178 Å². The van der Waals surface area contributed by atoms with Gasteiger partial charge in [-0.15, -0.1) is 0 Å². The second-order valence-electron chi connectivity index (χ2n) is 28.8. The third kappa shape index (κ3) is 19.3. The lowest BCUT2D eigenvalue weighted by molar-refractivity contribution is 0.418. The molecule has 0 aromatic heterocycles. The first-order chi connectivity index (χ1) is 56.1. The molecule has 0 bridgehead atoms. The number of aryl methyl sites for hydroxylation is 13.